The van der Waals surface area contributed by atoms with Gasteiger partial charge in [-0.1, -0.05) is 0 Å². The van der Waals surface area contributed by atoms with Gasteiger partial charge in [-0.2, -0.15) is 5.10 Å². The van der Waals surface area contributed by atoms with E-state index in [4.69, 9.17) is 9.47 Å². The van der Waals surface area contributed by atoms with Gasteiger partial charge in [-0.3, -0.25) is 5.10 Å². The van der Waals surface area contributed by atoms with E-state index < -0.39 is 0 Å². The Labute approximate surface area is 125 Å². The lowest BCUT2D eigenvalue weighted by atomic mass is 10.1. The van der Waals surface area contributed by atoms with Gasteiger partial charge in [0.15, 0.2) is 0 Å². The van der Waals surface area contributed by atoms with Gasteiger partial charge in [-0.05, 0) is 32.3 Å². The summed E-state index contributed by atoms with van der Waals surface area (Å²) in [6.07, 6.45) is 0.860. The second-order valence-electron chi connectivity index (χ2n) is 4.97. The number of hydrogen-bond donors (Lipinski definition) is 3. The van der Waals surface area contributed by atoms with Crippen molar-refractivity contribution in [2.75, 3.05) is 41.0 Å². The van der Waals surface area contributed by atoms with E-state index in [0.29, 0.717) is 19.3 Å². The number of fused-ring (bicyclic) bond motifs is 1. The summed E-state index contributed by atoms with van der Waals surface area (Å²) in [6.45, 7) is 2.03. The highest BCUT2D eigenvalue weighted by Gasteiger charge is 2.12. The lowest BCUT2D eigenvalue weighted by molar-refractivity contribution is 0.146. The summed E-state index contributed by atoms with van der Waals surface area (Å²) < 4.78 is 10.7. The molecule has 1 aromatic carbocycles. The van der Waals surface area contributed by atoms with Crippen LogP contribution in [0.15, 0.2) is 18.2 Å². The van der Waals surface area contributed by atoms with Crippen molar-refractivity contribution in [1.29, 1.82) is 0 Å². The predicted octanol–water partition coefficient (Wildman–Crippen LogP) is 0.938. The fourth-order valence-corrected chi connectivity index (χ4v) is 2.29. The Bertz CT molecular complexity index is 556. The van der Waals surface area contributed by atoms with Gasteiger partial charge in [0.25, 0.3) is 0 Å². The second-order valence-corrected chi connectivity index (χ2v) is 4.97. The minimum atomic E-state index is 0.347. The maximum atomic E-state index is 5.66. The molecule has 1 atom stereocenters. The van der Waals surface area contributed by atoms with Crippen LogP contribution in [0.4, 0.5) is 0 Å². The summed E-state index contributed by atoms with van der Waals surface area (Å²) in [5, 5.41) is 15.1. The van der Waals surface area contributed by atoms with E-state index in [2.05, 4.69) is 20.8 Å². The van der Waals surface area contributed by atoms with Crippen LogP contribution in [0.3, 0.4) is 0 Å². The van der Waals surface area contributed by atoms with E-state index in [0.717, 1.165) is 35.3 Å². The summed E-state index contributed by atoms with van der Waals surface area (Å²) in [5.74, 6) is 0.844. The van der Waals surface area contributed by atoms with Crippen LogP contribution in [-0.2, 0) is 11.2 Å². The average molecular weight is 292 g/mol. The number of hydrogen-bond acceptors (Lipinski definition) is 5. The standard InChI is InChI=1S/C15H24N4O2/c1-16-10-11(17-2)8-15-13-9-12(21-7-6-20-3)4-5-14(13)18-19-15/h4-5,9,11,16-17H,6-8,10H2,1-3H3,(H,18,19). The van der Waals surface area contributed by atoms with Crippen LogP contribution in [0.1, 0.15) is 5.69 Å². The zero-order valence-corrected chi connectivity index (χ0v) is 12.9. The van der Waals surface area contributed by atoms with E-state index in [1.54, 1.807) is 7.11 Å². The smallest absolute Gasteiger partial charge is 0.120 e. The van der Waals surface area contributed by atoms with Crippen molar-refractivity contribution in [1.82, 2.24) is 20.8 Å². The molecule has 6 nitrogen and oxygen atoms in total. The molecule has 0 fully saturated rings. The summed E-state index contributed by atoms with van der Waals surface area (Å²) in [4.78, 5) is 0. The Hall–Kier alpha value is -1.63. The topological polar surface area (TPSA) is 71.2 Å². The summed E-state index contributed by atoms with van der Waals surface area (Å²) >= 11 is 0. The summed E-state index contributed by atoms with van der Waals surface area (Å²) in [7, 11) is 5.59. The number of aromatic amines is 1. The molecular formula is C15H24N4O2. The molecular weight excluding hydrogens is 268 g/mol. The number of methoxy groups -OCH3 is 1. The SMILES string of the molecule is CNCC(Cc1n[nH]c2ccc(OCCOC)cc12)NC. The third-order valence-corrected chi connectivity index (χ3v) is 3.47. The highest BCUT2D eigenvalue weighted by atomic mass is 16.5. The molecule has 0 saturated heterocycles. The van der Waals surface area contributed by atoms with Gasteiger partial charge in [0.2, 0.25) is 0 Å². The Morgan fingerprint density at radius 1 is 1.29 bits per heavy atom. The molecule has 6 heteroatoms. The molecule has 0 aliphatic heterocycles. The average Bonchev–Trinajstić information content (AvgIpc) is 2.89. The first kappa shape index (κ1) is 15.8. The van der Waals surface area contributed by atoms with Crippen LogP contribution in [0.2, 0.25) is 0 Å². The summed E-state index contributed by atoms with van der Waals surface area (Å²) in [5.41, 5.74) is 2.08. The number of ether oxygens (including phenoxy) is 2. The van der Waals surface area contributed by atoms with Gasteiger partial charge in [-0.15, -0.1) is 0 Å². The molecule has 0 radical (unpaired) electrons. The van der Waals surface area contributed by atoms with Gasteiger partial charge >= 0.3 is 0 Å². The molecule has 0 amide bonds. The molecule has 2 aromatic rings. The Kier molecular flexibility index (Phi) is 5.98. The van der Waals surface area contributed by atoms with Gasteiger partial charge < -0.3 is 20.1 Å². The van der Waals surface area contributed by atoms with E-state index in [9.17, 15) is 0 Å². The third kappa shape index (κ3) is 4.17. The van der Waals surface area contributed by atoms with Crippen LogP contribution in [0, 0.1) is 0 Å². The molecule has 0 bridgehead atoms. The van der Waals surface area contributed by atoms with Gasteiger partial charge in [0.05, 0.1) is 17.8 Å². The van der Waals surface area contributed by atoms with Crippen LogP contribution in [0.25, 0.3) is 10.9 Å². The summed E-state index contributed by atoms with van der Waals surface area (Å²) in [6, 6.07) is 6.33. The Morgan fingerprint density at radius 3 is 2.86 bits per heavy atom. The van der Waals surface area contributed by atoms with E-state index in [1.807, 2.05) is 32.3 Å². The first-order valence-corrected chi connectivity index (χ1v) is 7.19. The lowest BCUT2D eigenvalue weighted by Gasteiger charge is -2.14. The molecule has 1 heterocycles. The maximum Gasteiger partial charge on any atom is 0.120 e. The molecule has 0 aliphatic carbocycles. The largest absolute Gasteiger partial charge is 0.491 e. The van der Waals surface area contributed by atoms with Crippen molar-refractivity contribution in [2.45, 2.75) is 12.5 Å². The van der Waals surface area contributed by atoms with E-state index in [-0.39, 0.29) is 0 Å². The van der Waals surface area contributed by atoms with Crippen LogP contribution < -0.4 is 15.4 Å². The molecule has 3 N–H and O–H groups in total. The number of benzene rings is 1. The molecule has 1 aromatic heterocycles. The van der Waals surface area contributed by atoms with Crippen molar-refractivity contribution in [3.05, 3.63) is 23.9 Å². The molecule has 2 rings (SSSR count). The molecule has 21 heavy (non-hydrogen) atoms. The van der Waals surface area contributed by atoms with Crippen molar-refractivity contribution in [3.63, 3.8) is 0 Å². The second kappa shape index (κ2) is 7.97. The minimum absolute atomic E-state index is 0.347. The van der Waals surface area contributed by atoms with E-state index in [1.165, 1.54) is 0 Å². The monoisotopic (exact) mass is 292 g/mol. The first-order valence-electron chi connectivity index (χ1n) is 7.19. The number of aromatic nitrogens is 2. The molecule has 0 spiro atoms. The fourth-order valence-electron chi connectivity index (χ4n) is 2.29. The highest BCUT2D eigenvalue weighted by molar-refractivity contribution is 5.82. The first-order chi connectivity index (χ1) is 10.3. The maximum absolute atomic E-state index is 5.66. The van der Waals surface area contributed by atoms with Gasteiger partial charge in [0, 0.05) is 31.5 Å². The number of likely N-dealkylation sites (N-methyl/N-ethyl adjacent to an activating group) is 2. The minimum Gasteiger partial charge on any atom is -0.491 e. The molecule has 116 valence electrons. The zero-order chi connectivity index (χ0) is 15.1. The van der Waals surface area contributed by atoms with Crippen LogP contribution in [-0.4, -0.2) is 57.2 Å². The van der Waals surface area contributed by atoms with Crippen LogP contribution >= 0.6 is 0 Å². The third-order valence-electron chi connectivity index (χ3n) is 3.47. The zero-order valence-electron chi connectivity index (χ0n) is 12.9. The van der Waals surface area contributed by atoms with Gasteiger partial charge in [-0.25, -0.2) is 0 Å². The molecule has 0 saturated carbocycles. The number of H-pyrrole nitrogens is 1. The van der Waals surface area contributed by atoms with Crippen LogP contribution in [0.5, 0.6) is 5.75 Å². The van der Waals surface area contributed by atoms with Crippen molar-refractivity contribution in [3.8, 4) is 5.75 Å². The Morgan fingerprint density at radius 2 is 2.14 bits per heavy atom. The van der Waals surface area contributed by atoms with Gasteiger partial charge in [0.1, 0.15) is 12.4 Å². The lowest BCUT2D eigenvalue weighted by Crippen LogP contribution is -2.36. The fraction of sp³-hybridized carbons (Fsp3) is 0.533. The van der Waals surface area contributed by atoms with E-state index >= 15 is 0 Å². The predicted molar refractivity (Wildman–Crippen MR) is 83.9 cm³/mol. The Balaban J connectivity index is 2.14. The number of nitrogens with zero attached hydrogens (tertiary/aromatic N) is 1. The van der Waals surface area contributed by atoms with Crippen molar-refractivity contribution >= 4 is 10.9 Å². The molecule has 0 aliphatic rings. The van der Waals surface area contributed by atoms with Crippen molar-refractivity contribution in [2.24, 2.45) is 0 Å². The normalized spacial score (nSPS) is 12.7. The quantitative estimate of drug-likeness (QED) is 0.600. The molecule has 1 unspecified atom stereocenters. The number of rotatable bonds is 9. The highest BCUT2D eigenvalue weighted by Crippen LogP contribution is 2.23. The van der Waals surface area contributed by atoms with Crippen molar-refractivity contribution < 1.29 is 9.47 Å². The number of nitrogens with one attached hydrogen (secondary N) is 3.